The Labute approximate surface area is 201 Å². The number of alkyl halides is 3. The second kappa shape index (κ2) is 12.8. The molecule has 1 aliphatic carbocycles. The Kier molecular flexibility index (Phi) is 10.1. The van der Waals surface area contributed by atoms with Crippen molar-refractivity contribution in [2.45, 2.75) is 76.3 Å². The van der Waals surface area contributed by atoms with Crippen LogP contribution in [0.5, 0.6) is 0 Å². The van der Waals surface area contributed by atoms with Crippen LogP contribution in [0.3, 0.4) is 0 Å². The third-order valence-electron chi connectivity index (χ3n) is 7.67. The molecule has 0 atom stereocenters. The highest BCUT2D eigenvalue weighted by molar-refractivity contribution is 6.38. The number of ketones is 1. The molecule has 0 unspecified atom stereocenters. The van der Waals surface area contributed by atoms with Crippen molar-refractivity contribution in [3.05, 3.63) is 35.4 Å². The van der Waals surface area contributed by atoms with Gasteiger partial charge in [0.15, 0.2) is 5.78 Å². The van der Waals surface area contributed by atoms with Crippen LogP contribution in [0.4, 0.5) is 13.2 Å². The van der Waals surface area contributed by atoms with E-state index in [2.05, 4.69) is 4.90 Å². The minimum absolute atomic E-state index is 0.0345. The van der Waals surface area contributed by atoms with Gasteiger partial charge >= 0.3 is 6.18 Å². The van der Waals surface area contributed by atoms with Crippen LogP contribution >= 0.6 is 0 Å². The van der Waals surface area contributed by atoms with Crippen LogP contribution < -0.4 is 0 Å². The van der Waals surface area contributed by atoms with Crippen LogP contribution in [0.25, 0.3) is 0 Å². The first-order valence-corrected chi connectivity index (χ1v) is 12.7. The summed E-state index contributed by atoms with van der Waals surface area (Å²) in [4.78, 5) is 14.5. The summed E-state index contributed by atoms with van der Waals surface area (Å²) < 4.78 is 44.0. The summed E-state index contributed by atoms with van der Waals surface area (Å²) in [5, 5.41) is 8.10. The molecule has 2 fully saturated rings. The number of Topliss-reactive ketones (excluding diaryl/α,β-unsaturated/α-hetero) is 1. The zero-order valence-corrected chi connectivity index (χ0v) is 20.3. The maximum Gasteiger partial charge on any atom is 0.416 e. The topological polar surface area (TPSA) is 53.4 Å². The number of nitrogens with zero attached hydrogens (tertiary/aromatic N) is 1. The first-order valence-electron chi connectivity index (χ1n) is 12.7. The van der Waals surface area contributed by atoms with E-state index in [1.54, 1.807) is 7.11 Å². The highest BCUT2D eigenvalue weighted by atomic mass is 19.4. The van der Waals surface area contributed by atoms with E-state index >= 15 is 0 Å². The van der Waals surface area contributed by atoms with E-state index in [9.17, 15) is 18.0 Å². The van der Waals surface area contributed by atoms with E-state index in [-0.39, 0.29) is 17.4 Å². The molecule has 0 radical (unpaired) electrons. The molecule has 7 heteroatoms. The Balaban J connectivity index is 1.33. The minimum Gasteiger partial charge on any atom is -0.385 e. The van der Waals surface area contributed by atoms with Gasteiger partial charge in [-0.05, 0) is 94.0 Å². The molecule has 34 heavy (non-hydrogen) atoms. The molecule has 3 rings (SSSR count). The predicted octanol–water partition coefficient (Wildman–Crippen LogP) is 6.49. The van der Waals surface area contributed by atoms with Gasteiger partial charge in [0.1, 0.15) is 0 Å². The Morgan fingerprint density at radius 2 is 1.76 bits per heavy atom. The smallest absolute Gasteiger partial charge is 0.385 e. The molecule has 0 amide bonds. The summed E-state index contributed by atoms with van der Waals surface area (Å²) in [5.74, 6) is 1.33. The lowest BCUT2D eigenvalue weighted by atomic mass is 9.78. The molecule has 1 aromatic carbocycles. The lowest BCUT2D eigenvalue weighted by Crippen LogP contribution is -2.35. The maximum absolute atomic E-state index is 13.0. The van der Waals surface area contributed by atoms with E-state index in [0.29, 0.717) is 37.7 Å². The van der Waals surface area contributed by atoms with Crippen LogP contribution in [-0.4, -0.2) is 49.7 Å². The summed E-state index contributed by atoms with van der Waals surface area (Å²) in [7, 11) is 1.62. The van der Waals surface area contributed by atoms with Crippen molar-refractivity contribution in [2.24, 2.45) is 11.8 Å². The number of nitrogens with one attached hydrogen (secondary N) is 1. The maximum atomic E-state index is 13.0. The number of halogens is 3. The van der Waals surface area contributed by atoms with Crippen LogP contribution in [0.15, 0.2) is 24.3 Å². The number of hydrogen-bond donors (Lipinski definition) is 1. The molecule has 0 spiro atoms. The molecule has 1 N–H and O–H groups in total. The predicted molar refractivity (Wildman–Crippen MR) is 128 cm³/mol. The van der Waals surface area contributed by atoms with Gasteiger partial charge in [0.2, 0.25) is 0 Å². The normalized spacial score (nSPS) is 22.6. The molecule has 0 aromatic heterocycles. The SMILES string of the molecule is COCCCC(=O)C(=N)CC1CCC(CCN2CCC(c3cccc(C(F)(F)F)c3)CC2)CC1. The fourth-order valence-electron chi connectivity index (χ4n) is 5.48. The van der Waals surface area contributed by atoms with Gasteiger partial charge in [-0.15, -0.1) is 0 Å². The van der Waals surface area contributed by atoms with Crippen molar-refractivity contribution in [2.75, 3.05) is 33.4 Å². The second-order valence-electron chi connectivity index (χ2n) is 10.1. The van der Waals surface area contributed by atoms with E-state index in [0.717, 1.165) is 76.2 Å². The van der Waals surface area contributed by atoms with Gasteiger partial charge in [0.25, 0.3) is 0 Å². The summed E-state index contributed by atoms with van der Waals surface area (Å²) in [6, 6.07) is 5.84. The molecular formula is C27H39F3N2O2. The van der Waals surface area contributed by atoms with Crippen molar-refractivity contribution in [3.63, 3.8) is 0 Å². The summed E-state index contributed by atoms with van der Waals surface area (Å²) in [5.41, 5.74) is 0.548. The third kappa shape index (κ3) is 8.19. The van der Waals surface area contributed by atoms with Crippen LogP contribution in [0.2, 0.25) is 0 Å². The highest BCUT2D eigenvalue weighted by Gasteiger charge is 2.31. The molecule has 1 heterocycles. The molecule has 2 aliphatic rings. The number of ether oxygens (including phenoxy) is 1. The van der Waals surface area contributed by atoms with Gasteiger partial charge in [-0.3, -0.25) is 4.79 Å². The van der Waals surface area contributed by atoms with Crippen molar-refractivity contribution in [3.8, 4) is 0 Å². The molecular weight excluding hydrogens is 441 g/mol. The minimum atomic E-state index is -4.28. The monoisotopic (exact) mass is 480 g/mol. The molecule has 190 valence electrons. The van der Waals surface area contributed by atoms with E-state index in [1.165, 1.54) is 12.1 Å². The van der Waals surface area contributed by atoms with Gasteiger partial charge in [-0.1, -0.05) is 31.0 Å². The number of methoxy groups -OCH3 is 1. The van der Waals surface area contributed by atoms with Gasteiger partial charge < -0.3 is 15.0 Å². The first kappa shape index (κ1) is 26.9. The number of hydrogen-bond acceptors (Lipinski definition) is 4. The van der Waals surface area contributed by atoms with E-state index < -0.39 is 11.7 Å². The van der Waals surface area contributed by atoms with Gasteiger partial charge in [-0.25, -0.2) is 0 Å². The lowest BCUT2D eigenvalue weighted by Gasteiger charge is -2.34. The van der Waals surface area contributed by atoms with Gasteiger partial charge in [0, 0.05) is 20.1 Å². The average Bonchev–Trinajstić information content (AvgIpc) is 2.83. The summed E-state index contributed by atoms with van der Waals surface area (Å²) in [6.45, 7) is 3.50. The zero-order valence-electron chi connectivity index (χ0n) is 20.3. The largest absolute Gasteiger partial charge is 0.416 e. The van der Waals surface area contributed by atoms with Crippen molar-refractivity contribution < 1.29 is 22.7 Å². The number of likely N-dealkylation sites (tertiary alicyclic amines) is 1. The third-order valence-corrected chi connectivity index (χ3v) is 7.67. The van der Waals surface area contributed by atoms with Crippen molar-refractivity contribution in [1.82, 2.24) is 4.90 Å². The molecule has 1 aliphatic heterocycles. The van der Waals surface area contributed by atoms with Crippen LogP contribution in [0.1, 0.15) is 81.3 Å². The lowest BCUT2D eigenvalue weighted by molar-refractivity contribution is -0.137. The molecule has 0 bridgehead atoms. The van der Waals surface area contributed by atoms with E-state index in [4.69, 9.17) is 10.1 Å². The summed E-state index contributed by atoms with van der Waals surface area (Å²) >= 11 is 0. The number of benzene rings is 1. The number of rotatable bonds is 11. The van der Waals surface area contributed by atoms with Gasteiger partial charge in [-0.2, -0.15) is 13.2 Å². The fourth-order valence-corrected chi connectivity index (χ4v) is 5.48. The highest BCUT2D eigenvalue weighted by Crippen LogP contribution is 2.35. The number of carbonyl (C=O) groups excluding carboxylic acids is 1. The molecule has 4 nitrogen and oxygen atoms in total. The molecule has 1 saturated heterocycles. The van der Waals surface area contributed by atoms with Gasteiger partial charge in [0.05, 0.1) is 11.3 Å². The van der Waals surface area contributed by atoms with Crippen molar-refractivity contribution in [1.29, 1.82) is 5.41 Å². The van der Waals surface area contributed by atoms with Crippen molar-refractivity contribution >= 4 is 11.5 Å². The standard InChI is InChI=1S/C27H39F3N2O2/c1-34-17-3-6-26(33)25(31)18-21-9-7-20(8-10-21)11-14-32-15-12-22(13-16-32)23-4-2-5-24(19-23)27(28,29)30/h2,4-5,19-22,31H,3,6-18H2,1H3. The second-order valence-corrected chi connectivity index (χ2v) is 10.1. The Morgan fingerprint density at radius 3 is 2.41 bits per heavy atom. The summed E-state index contributed by atoms with van der Waals surface area (Å²) in [6.07, 6.45) is 4.92. The van der Waals surface area contributed by atoms with E-state index in [1.807, 2.05) is 6.07 Å². The zero-order chi connectivity index (χ0) is 24.6. The van der Waals surface area contributed by atoms with Crippen LogP contribution in [0, 0.1) is 17.2 Å². The Hall–Kier alpha value is -1.73. The Bertz CT molecular complexity index is 795. The number of carbonyl (C=O) groups is 1. The Morgan fingerprint density at radius 1 is 1.09 bits per heavy atom. The molecule has 1 saturated carbocycles. The average molecular weight is 481 g/mol. The number of piperidine rings is 1. The van der Waals surface area contributed by atoms with Crippen LogP contribution in [-0.2, 0) is 15.7 Å². The quantitative estimate of drug-likeness (QED) is 0.291. The first-order chi connectivity index (χ1) is 16.3. The fraction of sp³-hybridized carbons (Fsp3) is 0.704. The molecule has 1 aromatic rings.